The number of carboxylic acid groups (broad SMARTS) is 2. The van der Waals surface area contributed by atoms with Crippen molar-refractivity contribution in [3.05, 3.63) is 28.3 Å². The minimum absolute atomic E-state index is 0.0346. The van der Waals surface area contributed by atoms with Gasteiger partial charge < -0.3 is 15.5 Å². The lowest BCUT2D eigenvalue weighted by atomic mass is 9.96. The molecule has 0 aromatic heterocycles. The molecule has 0 atom stereocenters. The van der Waals surface area contributed by atoms with E-state index >= 15 is 0 Å². The minimum atomic E-state index is -1.39. The van der Waals surface area contributed by atoms with Crippen LogP contribution in [0, 0.1) is 13.8 Å². The molecule has 1 aromatic rings. The lowest BCUT2D eigenvalue weighted by Crippen LogP contribution is -2.17. The van der Waals surface area contributed by atoms with Gasteiger partial charge in [0.25, 0.3) is 0 Å². The third-order valence-corrected chi connectivity index (χ3v) is 2.59. The monoisotopic (exact) mass is 251 g/mol. The summed E-state index contributed by atoms with van der Waals surface area (Å²) in [6.45, 7) is 4.51. The number of aromatic carboxylic acids is 2. The fourth-order valence-corrected chi connectivity index (χ4v) is 1.64. The first-order valence-electron chi connectivity index (χ1n) is 5.14. The van der Waals surface area contributed by atoms with Crippen molar-refractivity contribution in [1.29, 1.82) is 0 Å². The molecule has 0 saturated carbocycles. The van der Waals surface area contributed by atoms with Crippen molar-refractivity contribution in [3.63, 3.8) is 0 Å². The quantitative estimate of drug-likeness (QED) is 0.757. The molecule has 0 bridgehead atoms. The van der Waals surface area contributed by atoms with Crippen molar-refractivity contribution in [2.45, 2.75) is 20.8 Å². The molecule has 96 valence electrons. The van der Waals surface area contributed by atoms with Gasteiger partial charge in [0.2, 0.25) is 5.91 Å². The molecule has 0 aliphatic heterocycles. The SMILES string of the molecule is CC(=O)Nc1c(C)c(C)cc(C(=O)O)c1C(=O)O. The molecule has 3 N–H and O–H groups in total. The second-order valence-corrected chi connectivity index (χ2v) is 3.91. The molecular weight excluding hydrogens is 238 g/mol. The number of benzene rings is 1. The molecule has 1 rings (SSSR count). The van der Waals surface area contributed by atoms with E-state index in [9.17, 15) is 14.4 Å². The van der Waals surface area contributed by atoms with Gasteiger partial charge in [-0.05, 0) is 31.0 Å². The summed E-state index contributed by atoms with van der Waals surface area (Å²) in [4.78, 5) is 33.3. The molecule has 0 unspecified atom stereocenters. The van der Waals surface area contributed by atoms with Crippen LogP contribution in [0.25, 0.3) is 0 Å². The summed E-state index contributed by atoms with van der Waals surface area (Å²) < 4.78 is 0. The van der Waals surface area contributed by atoms with Crippen molar-refractivity contribution in [3.8, 4) is 0 Å². The summed E-state index contributed by atoms with van der Waals surface area (Å²) in [6, 6.07) is 1.28. The van der Waals surface area contributed by atoms with Gasteiger partial charge in [0.1, 0.15) is 0 Å². The summed E-state index contributed by atoms with van der Waals surface area (Å²) in [7, 11) is 0. The van der Waals surface area contributed by atoms with Crippen LogP contribution < -0.4 is 5.32 Å². The van der Waals surface area contributed by atoms with Crippen molar-refractivity contribution in [2.75, 3.05) is 5.32 Å². The van der Waals surface area contributed by atoms with Gasteiger partial charge in [-0.1, -0.05) is 0 Å². The van der Waals surface area contributed by atoms with E-state index in [1.54, 1.807) is 13.8 Å². The standard InChI is InChI=1S/C12H13NO5/c1-5-4-8(11(15)16)9(12(17)18)10(6(5)2)13-7(3)14/h4H,1-3H3,(H,13,14)(H,15,16)(H,17,18). The Hall–Kier alpha value is -2.37. The van der Waals surface area contributed by atoms with E-state index in [1.807, 2.05) is 0 Å². The van der Waals surface area contributed by atoms with Crippen molar-refractivity contribution in [1.82, 2.24) is 0 Å². The highest BCUT2D eigenvalue weighted by molar-refractivity contribution is 6.09. The third-order valence-electron chi connectivity index (χ3n) is 2.59. The van der Waals surface area contributed by atoms with Gasteiger partial charge >= 0.3 is 11.9 Å². The Labute approximate surface area is 103 Å². The number of rotatable bonds is 3. The summed E-state index contributed by atoms with van der Waals surface area (Å²) >= 11 is 0. The first-order valence-corrected chi connectivity index (χ1v) is 5.14. The number of carbonyl (C=O) groups excluding carboxylic acids is 1. The van der Waals surface area contributed by atoms with Crippen molar-refractivity contribution < 1.29 is 24.6 Å². The highest BCUT2D eigenvalue weighted by Gasteiger charge is 2.23. The van der Waals surface area contributed by atoms with Crippen LogP contribution in [0.2, 0.25) is 0 Å². The third kappa shape index (κ3) is 2.48. The largest absolute Gasteiger partial charge is 0.478 e. The first-order chi connectivity index (χ1) is 8.25. The van der Waals surface area contributed by atoms with Crippen LogP contribution in [0.5, 0.6) is 0 Å². The maximum atomic E-state index is 11.2. The van der Waals surface area contributed by atoms with Gasteiger partial charge in [-0.3, -0.25) is 4.79 Å². The van der Waals surface area contributed by atoms with E-state index in [0.717, 1.165) is 0 Å². The number of hydrogen-bond donors (Lipinski definition) is 3. The fourth-order valence-electron chi connectivity index (χ4n) is 1.64. The van der Waals surface area contributed by atoms with Crippen molar-refractivity contribution >= 4 is 23.5 Å². The molecule has 6 nitrogen and oxygen atoms in total. The van der Waals surface area contributed by atoms with E-state index in [2.05, 4.69) is 5.32 Å². The van der Waals surface area contributed by atoms with Gasteiger partial charge in [-0.25, -0.2) is 9.59 Å². The van der Waals surface area contributed by atoms with Gasteiger partial charge in [0.05, 0.1) is 16.8 Å². The molecule has 1 amide bonds. The predicted octanol–water partition coefficient (Wildman–Crippen LogP) is 1.66. The first kappa shape index (κ1) is 13.7. The Morgan fingerprint density at radius 1 is 1.11 bits per heavy atom. The van der Waals surface area contributed by atoms with Crippen LogP contribution in [-0.4, -0.2) is 28.1 Å². The van der Waals surface area contributed by atoms with E-state index in [1.165, 1.54) is 13.0 Å². The lowest BCUT2D eigenvalue weighted by Gasteiger charge is -2.15. The van der Waals surface area contributed by atoms with E-state index in [4.69, 9.17) is 10.2 Å². The second-order valence-electron chi connectivity index (χ2n) is 3.91. The van der Waals surface area contributed by atoms with Crippen molar-refractivity contribution in [2.24, 2.45) is 0 Å². The Morgan fingerprint density at radius 3 is 2.06 bits per heavy atom. The normalized spacial score (nSPS) is 9.94. The molecule has 6 heteroatoms. The molecule has 0 aliphatic rings. The zero-order chi connectivity index (χ0) is 14.0. The average Bonchev–Trinajstić information content (AvgIpc) is 2.22. The highest BCUT2D eigenvalue weighted by Crippen LogP contribution is 2.28. The highest BCUT2D eigenvalue weighted by atomic mass is 16.4. The Bertz CT molecular complexity index is 548. The summed E-state index contributed by atoms with van der Waals surface area (Å²) in [5.74, 6) is -3.19. The van der Waals surface area contributed by atoms with E-state index in [0.29, 0.717) is 11.1 Å². The zero-order valence-electron chi connectivity index (χ0n) is 10.2. The molecule has 1 aromatic carbocycles. The number of hydrogen-bond acceptors (Lipinski definition) is 3. The number of nitrogens with one attached hydrogen (secondary N) is 1. The lowest BCUT2D eigenvalue weighted by molar-refractivity contribution is -0.114. The van der Waals surface area contributed by atoms with Gasteiger partial charge in [0, 0.05) is 6.92 Å². The van der Waals surface area contributed by atoms with Crippen LogP contribution in [-0.2, 0) is 4.79 Å². The second kappa shape index (κ2) is 4.87. The topological polar surface area (TPSA) is 104 Å². The molecule has 0 radical (unpaired) electrons. The maximum absolute atomic E-state index is 11.2. The number of anilines is 1. The smallest absolute Gasteiger partial charge is 0.338 e. The molecular formula is C12H13NO5. The average molecular weight is 251 g/mol. The summed E-state index contributed by atoms with van der Waals surface area (Å²) in [5, 5.41) is 20.5. The molecule has 0 spiro atoms. The van der Waals surface area contributed by atoms with Crippen LogP contribution >= 0.6 is 0 Å². The molecule has 0 saturated heterocycles. The summed E-state index contributed by atoms with van der Waals surface area (Å²) in [5.41, 5.74) is 0.427. The maximum Gasteiger partial charge on any atom is 0.338 e. The van der Waals surface area contributed by atoms with Crippen LogP contribution in [0.15, 0.2) is 6.07 Å². The number of carbonyl (C=O) groups is 3. The molecule has 0 heterocycles. The van der Waals surface area contributed by atoms with Gasteiger partial charge in [0.15, 0.2) is 0 Å². The molecule has 0 aliphatic carbocycles. The Morgan fingerprint density at radius 2 is 1.67 bits per heavy atom. The van der Waals surface area contributed by atoms with Crippen LogP contribution in [0.1, 0.15) is 38.8 Å². The Kier molecular flexibility index (Phi) is 3.70. The number of amides is 1. The molecule has 18 heavy (non-hydrogen) atoms. The Balaban J connectivity index is 3.68. The van der Waals surface area contributed by atoms with Gasteiger partial charge in [-0.2, -0.15) is 0 Å². The van der Waals surface area contributed by atoms with E-state index in [-0.39, 0.29) is 11.3 Å². The minimum Gasteiger partial charge on any atom is -0.478 e. The zero-order valence-corrected chi connectivity index (χ0v) is 10.2. The van der Waals surface area contributed by atoms with Crippen LogP contribution in [0.4, 0.5) is 5.69 Å². The fraction of sp³-hybridized carbons (Fsp3) is 0.250. The van der Waals surface area contributed by atoms with Gasteiger partial charge in [-0.15, -0.1) is 0 Å². The van der Waals surface area contributed by atoms with Crippen LogP contribution in [0.3, 0.4) is 0 Å². The molecule has 0 fully saturated rings. The van der Waals surface area contributed by atoms with E-state index < -0.39 is 23.4 Å². The number of aryl methyl sites for hydroxylation is 1. The predicted molar refractivity (Wildman–Crippen MR) is 64.1 cm³/mol. The number of carboxylic acids is 2. The summed E-state index contributed by atoms with van der Waals surface area (Å²) in [6.07, 6.45) is 0.